The second-order valence-electron chi connectivity index (χ2n) is 9.13. The van der Waals surface area contributed by atoms with Gasteiger partial charge in [0.05, 0.1) is 0 Å². The fourth-order valence-electron chi connectivity index (χ4n) is 3.33. The van der Waals surface area contributed by atoms with Crippen molar-refractivity contribution < 1.29 is 0 Å². The number of rotatable bonds is 6. The first-order valence-corrected chi connectivity index (χ1v) is 16.8. The van der Waals surface area contributed by atoms with E-state index in [9.17, 15) is 0 Å². The Hall–Kier alpha value is 0. The number of hydrogen-bond acceptors (Lipinski definition) is 0. The first kappa shape index (κ1) is 55.5. The molecule has 0 N–H and O–H groups in total. The smallest absolute Gasteiger partial charge is 0.0269 e. The van der Waals surface area contributed by atoms with Crippen LogP contribution in [0.5, 0.6) is 0 Å². The summed E-state index contributed by atoms with van der Waals surface area (Å²) in [4.78, 5) is 0. The van der Waals surface area contributed by atoms with Crippen LogP contribution in [0.15, 0.2) is 0 Å². The van der Waals surface area contributed by atoms with E-state index in [1.807, 2.05) is 27.7 Å². The normalized spacial score (nSPS) is 12.9. The van der Waals surface area contributed by atoms with Gasteiger partial charge in [-0.3, -0.25) is 0 Å². The van der Waals surface area contributed by atoms with Crippen molar-refractivity contribution >= 4 is 0 Å². The molecule has 1 saturated carbocycles. The Morgan fingerprint density at radius 2 is 0.657 bits per heavy atom. The van der Waals surface area contributed by atoms with E-state index in [0.29, 0.717) is 0 Å². The van der Waals surface area contributed by atoms with E-state index in [1.165, 1.54) is 89.9 Å². The summed E-state index contributed by atoms with van der Waals surface area (Å²) >= 11 is 0. The van der Waals surface area contributed by atoms with E-state index in [0.717, 1.165) is 11.3 Å². The summed E-state index contributed by atoms with van der Waals surface area (Å²) in [5.74, 6) is 1.08. The fraction of sp³-hybridized carbons (Fsp3) is 1.00. The van der Waals surface area contributed by atoms with Crippen molar-refractivity contribution in [3.05, 3.63) is 0 Å². The van der Waals surface area contributed by atoms with E-state index in [4.69, 9.17) is 0 Å². The molecule has 0 aromatic heterocycles. The lowest BCUT2D eigenvalue weighted by molar-refractivity contribution is 0.00283. The van der Waals surface area contributed by atoms with Crippen LogP contribution in [0.3, 0.4) is 0 Å². The van der Waals surface area contributed by atoms with Gasteiger partial charge in [-0.05, 0) is 37.0 Å². The molecule has 1 aliphatic carbocycles. The zero-order chi connectivity index (χ0) is 30.0. The highest BCUT2D eigenvalue weighted by molar-refractivity contribution is 4.94. The Morgan fingerprint density at radius 1 is 0.429 bits per heavy atom. The quantitative estimate of drug-likeness (QED) is 0.336. The van der Waals surface area contributed by atoms with Crippen molar-refractivity contribution in [3.8, 4) is 0 Å². The minimum absolute atomic E-state index is 0.791. The van der Waals surface area contributed by atoms with E-state index in [-0.39, 0.29) is 0 Å². The molecule has 0 heterocycles. The third-order valence-corrected chi connectivity index (χ3v) is 3.99. The monoisotopic (exact) mass is 507 g/mol. The summed E-state index contributed by atoms with van der Waals surface area (Å²) in [6, 6.07) is 0. The SMILES string of the molecule is CC.CC.CCC.CCC.CCC.CCC.CCC.CCC.CCCC1CCC1(CCC)CCC. The first-order chi connectivity index (χ1) is 16.8. The molecular formula is C35H86. The van der Waals surface area contributed by atoms with E-state index >= 15 is 0 Å². The van der Waals surface area contributed by atoms with Crippen LogP contribution >= 0.6 is 0 Å². The Bertz CT molecular complexity index is 185. The molecule has 0 saturated heterocycles. The van der Waals surface area contributed by atoms with Crippen LogP contribution in [-0.4, -0.2) is 0 Å². The molecule has 0 spiro atoms. The summed E-state index contributed by atoms with van der Waals surface area (Å²) in [7, 11) is 0. The molecule has 1 rings (SSSR count). The molecule has 0 nitrogen and oxygen atoms in total. The molecule has 0 aliphatic heterocycles. The Kier molecular flexibility index (Phi) is 111. The molecule has 1 fully saturated rings. The summed E-state index contributed by atoms with van der Waals surface area (Å²) < 4.78 is 0. The highest BCUT2D eigenvalue weighted by Crippen LogP contribution is 2.55. The van der Waals surface area contributed by atoms with Gasteiger partial charge in [0.15, 0.2) is 0 Å². The molecule has 0 amide bonds. The Balaban J connectivity index is -0.0000000462. The van der Waals surface area contributed by atoms with Gasteiger partial charge >= 0.3 is 0 Å². The van der Waals surface area contributed by atoms with Crippen molar-refractivity contribution in [3.63, 3.8) is 0 Å². The van der Waals surface area contributed by atoms with Crippen molar-refractivity contribution in [2.75, 3.05) is 0 Å². The topological polar surface area (TPSA) is 0 Å². The van der Waals surface area contributed by atoms with Crippen LogP contribution in [0.25, 0.3) is 0 Å². The van der Waals surface area contributed by atoms with Crippen LogP contribution in [0.4, 0.5) is 0 Å². The van der Waals surface area contributed by atoms with E-state index in [1.54, 1.807) is 0 Å². The highest BCUT2D eigenvalue weighted by Gasteiger charge is 2.43. The second kappa shape index (κ2) is 70.0. The van der Waals surface area contributed by atoms with Crippen molar-refractivity contribution in [2.45, 2.75) is 221 Å². The maximum Gasteiger partial charge on any atom is -0.0269 e. The predicted octanol–water partition coefficient (Wildman–Crippen LogP) is 15.3. The van der Waals surface area contributed by atoms with Crippen LogP contribution in [-0.2, 0) is 0 Å². The molecule has 35 heavy (non-hydrogen) atoms. The van der Waals surface area contributed by atoms with Crippen molar-refractivity contribution in [1.29, 1.82) is 0 Å². The fourth-order valence-corrected chi connectivity index (χ4v) is 3.33. The minimum Gasteiger partial charge on any atom is -0.0683 e. The lowest BCUT2D eigenvalue weighted by Gasteiger charge is -2.50. The van der Waals surface area contributed by atoms with Crippen LogP contribution < -0.4 is 0 Å². The third-order valence-electron chi connectivity index (χ3n) is 3.99. The molecule has 1 unspecified atom stereocenters. The standard InChI is InChI=1S/C13H26.6C3H8.2C2H6/c1-4-7-12-8-11-13(12,9-5-2)10-6-3;6*1-3-2;2*1-2/h12H,4-11H2,1-3H3;6*3H2,1-2H3;2*1-2H3. The molecule has 0 bridgehead atoms. The highest BCUT2D eigenvalue weighted by atomic mass is 14.5. The Morgan fingerprint density at radius 3 is 0.771 bits per heavy atom. The van der Waals surface area contributed by atoms with Gasteiger partial charge in [-0.1, -0.05) is 196 Å². The maximum atomic E-state index is 2.35. The van der Waals surface area contributed by atoms with Gasteiger partial charge in [-0.2, -0.15) is 0 Å². The van der Waals surface area contributed by atoms with Crippen molar-refractivity contribution in [2.24, 2.45) is 11.3 Å². The summed E-state index contributed by atoms with van der Waals surface area (Å²) in [5.41, 5.74) is 0.791. The van der Waals surface area contributed by atoms with Gasteiger partial charge in [0.25, 0.3) is 0 Å². The lowest BCUT2D eigenvalue weighted by Crippen LogP contribution is -2.39. The summed E-state index contributed by atoms with van der Waals surface area (Å²) in [6.07, 6.45) is 19.2. The van der Waals surface area contributed by atoms with E-state index in [2.05, 4.69) is 104 Å². The molecule has 0 heteroatoms. The largest absolute Gasteiger partial charge is 0.0683 e. The zero-order valence-electron chi connectivity index (χ0n) is 30.0. The molecule has 0 aromatic rings. The summed E-state index contributed by atoms with van der Waals surface area (Å²) in [6.45, 7) is 40.5. The average Bonchev–Trinajstić information content (AvgIpc) is 2.82. The molecule has 1 aliphatic rings. The third kappa shape index (κ3) is 65.8. The van der Waals surface area contributed by atoms with Gasteiger partial charge in [0.1, 0.15) is 0 Å². The van der Waals surface area contributed by atoms with Crippen LogP contribution in [0.2, 0.25) is 0 Å². The molecule has 0 aromatic carbocycles. The van der Waals surface area contributed by atoms with Gasteiger partial charge in [0, 0.05) is 0 Å². The molecule has 226 valence electrons. The predicted molar refractivity (Wildman–Crippen MR) is 178 cm³/mol. The number of hydrogen-bond donors (Lipinski definition) is 0. The summed E-state index contributed by atoms with van der Waals surface area (Å²) in [5, 5.41) is 0. The molecule has 1 atom stereocenters. The van der Waals surface area contributed by atoms with Gasteiger partial charge in [-0.25, -0.2) is 0 Å². The van der Waals surface area contributed by atoms with E-state index < -0.39 is 0 Å². The molecular weight excluding hydrogens is 420 g/mol. The maximum absolute atomic E-state index is 2.35. The lowest BCUT2D eigenvalue weighted by atomic mass is 9.55. The molecule has 0 radical (unpaired) electrons. The Labute approximate surface area is 232 Å². The van der Waals surface area contributed by atoms with Gasteiger partial charge < -0.3 is 0 Å². The average molecular weight is 507 g/mol. The second-order valence-corrected chi connectivity index (χ2v) is 9.13. The van der Waals surface area contributed by atoms with Gasteiger partial charge in [0.2, 0.25) is 0 Å². The minimum atomic E-state index is 0.791. The first-order valence-electron chi connectivity index (χ1n) is 16.8. The van der Waals surface area contributed by atoms with Crippen LogP contribution in [0.1, 0.15) is 221 Å². The van der Waals surface area contributed by atoms with Gasteiger partial charge in [-0.15, -0.1) is 0 Å². The zero-order valence-corrected chi connectivity index (χ0v) is 30.0. The van der Waals surface area contributed by atoms with Crippen LogP contribution in [0, 0.1) is 11.3 Å². The van der Waals surface area contributed by atoms with Crippen molar-refractivity contribution in [1.82, 2.24) is 0 Å².